The van der Waals surface area contributed by atoms with E-state index < -0.39 is 5.91 Å². The van der Waals surface area contributed by atoms with Gasteiger partial charge in [0.1, 0.15) is 5.00 Å². The third kappa shape index (κ3) is 3.60. The van der Waals surface area contributed by atoms with Crippen LogP contribution in [0.1, 0.15) is 46.1 Å². The Labute approximate surface area is 179 Å². The Hall–Kier alpha value is -2.17. The molecule has 2 aliphatic carbocycles. The fourth-order valence-electron chi connectivity index (χ4n) is 3.66. The number of nitrogens with two attached hydrogens (primary N) is 1. The summed E-state index contributed by atoms with van der Waals surface area (Å²) in [5, 5.41) is 14.9. The Balaban J connectivity index is 1.31. The molecule has 5 rings (SSSR count). The summed E-state index contributed by atoms with van der Waals surface area (Å²) in [6, 6.07) is 4.45. The molecule has 1 saturated carbocycles. The van der Waals surface area contributed by atoms with Gasteiger partial charge in [0, 0.05) is 10.9 Å². The van der Waals surface area contributed by atoms with Gasteiger partial charge in [-0.1, -0.05) is 17.8 Å². The Morgan fingerprint density at radius 2 is 2.17 bits per heavy atom. The lowest BCUT2D eigenvalue weighted by Gasteiger charge is -2.08. The molecular formula is C19H19N5O2S3. The highest BCUT2D eigenvalue weighted by Crippen LogP contribution is 2.42. The fraction of sp³-hybridized carbons (Fsp3) is 0.368. The van der Waals surface area contributed by atoms with Gasteiger partial charge in [-0.2, -0.15) is 0 Å². The maximum atomic E-state index is 12.6. The molecule has 3 heterocycles. The molecule has 0 saturated heterocycles. The van der Waals surface area contributed by atoms with E-state index in [4.69, 9.17) is 5.73 Å². The molecule has 0 atom stereocenters. The zero-order chi connectivity index (χ0) is 20.0. The lowest BCUT2D eigenvalue weighted by Crippen LogP contribution is -2.19. The number of carbonyl (C=O) groups is 2. The number of hydrogen-bond acceptors (Lipinski definition) is 7. The number of fused-ring (bicyclic) bond motifs is 1. The molecular weight excluding hydrogens is 426 g/mol. The molecule has 2 amide bonds. The highest BCUT2D eigenvalue weighted by Gasteiger charge is 2.31. The quantitative estimate of drug-likeness (QED) is 0.540. The molecule has 7 nitrogen and oxygen atoms in total. The highest BCUT2D eigenvalue weighted by molar-refractivity contribution is 7.99. The van der Waals surface area contributed by atoms with E-state index in [-0.39, 0.29) is 11.7 Å². The van der Waals surface area contributed by atoms with Gasteiger partial charge in [0.2, 0.25) is 5.91 Å². The van der Waals surface area contributed by atoms with Crippen LogP contribution in [0.25, 0.3) is 10.7 Å². The molecule has 2 aliphatic rings. The first kappa shape index (κ1) is 18.8. The lowest BCUT2D eigenvalue weighted by molar-refractivity contribution is -0.113. The van der Waals surface area contributed by atoms with Gasteiger partial charge in [-0.05, 0) is 49.1 Å². The summed E-state index contributed by atoms with van der Waals surface area (Å²) in [7, 11) is 0. The monoisotopic (exact) mass is 445 g/mol. The van der Waals surface area contributed by atoms with Crippen molar-refractivity contribution in [3.05, 3.63) is 33.5 Å². The third-order valence-electron chi connectivity index (χ3n) is 5.07. The van der Waals surface area contributed by atoms with Crippen molar-refractivity contribution in [3.63, 3.8) is 0 Å². The molecule has 10 heteroatoms. The van der Waals surface area contributed by atoms with E-state index in [1.54, 1.807) is 11.3 Å². The molecule has 0 aromatic carbocycles. The summed E-state index contributed by atoms with van der Waals surface area (Å²) in [5.74, 6) is 0.439. The van der Waals surface area contributed by atoms with Crippen molar-refractivity contribution < 1.29 is 9.59 Å². The van der Waals surface area contributed by atoms with Gasteiger partial charge < -0.3 is 11.1 Å². The Morgan fingerprint density at radius 1 is 1.31 bits per heavy atom. The minimum atomic E-state index is -0.471. The average molecular weight is 446 g/mol. The molecule has 1 fully saturated rings. The maximum absolute atomic E-state index is 12.6. The Kier molecular flexibility index (Phi) is 4.92. The topological polar surface area (TPSA) is 103 Å². The largest absolute Gasteiger partial charge is 0.365 e. The van der Waals surface area contributed by atoms with Gasteiger partial charge in [0.15, 0.2) is 11.0 Å². The van der Waals surface area contributed by atoms with Crippen LogP contribution in [0.4, 0.5) is 5.00 Å². The van der Waals surface area contributed by atoms with E-state index in [0.717, 1.165) is 58.4 Å². The average Bonchev–Trinajstić information content (AvgIpc) is 3.11. The van der Waals surface area contributed by atoms with E-state index in [0.29, 0.717) is 16.6 Å². The minimum Gasteiger partial charge on any atom is -0.365 e. The second kappa shape index (κ2) is 7.58. The van der Waals surface area contributed by atoms with E-state index in [1.807, 2.05) is 17.5 Å². The van der Waals surface area contributed by atoms with Crippen LogP contribution >= 0.6 is 34.4 Å². The molecule has 0 spiro atoms. The van der Waals surface area contributed by atoms with Gasteiger partial charge in [0.05, 0.1) is 16.2 Å². The second-order valence-electron chi connectivity index (χ2n) is 7.15. The number of aromatic nitrogens is 3. The highest BCUT2D eigenvalue weighted by atomic mass is 32.2. The van der Waals surface area contributed by atoms with Crippen LogP contribution in [-0.2, 0) is 17.6 Å². The van der Waals surface area contributed by atoms with Crippen LogP contribution in [0, 0.1) is 0 Å². The predicted molar refractivity (Wildman–Crippen MR) is 116 cm³/mol. The summed E-state index contributed by atoms with van der Waals surface area (Å²) in [6.07, 6.45) is 5.05. The van der Waals surface area contributed by atoms with Crippen molar-refractivity contribution in [3.8, 4) is 10.7 Å². The number of nitrogens with zero attached hydrogens (tertiary/aromatic N) is 3. The molecule has 0 unspecified atom stereocenters. The van der Waals surface area contributed by atoms with Crippen LogP contribution in [0.5, 0.6) is 0 Å². The molecule has 3 aromatic heterocycles. The van der Waals surface area contributed by atoms with Crippen LogP contribution < -0.4 is 11.1 Å². The molecule has 0 aliphatic heterocycles. The number of amides is 2. The summed E-state index contributed by atoms with van der Waals surface area (Å²) < 4.78 is 2.15. The lowest BCUT2D eigenvalue weighted by atomic mass is 10.1. The van der Waals surface area contributed by atoms with Crippen molar-refractivity contribution in [2.24, 2.45) is 5.73 Å². The zero-order valence-corrected chi connectivity index (χ0v) is 18.0. The number of primary amides is 1. The van der Waals surface area contributed by atoms with Gasteiger partial charge in [0.25, 0.3) is 5.91 Å². The van der Waals surface area contributed by atoms with Crippen molar-refractivity contribution in [2.45, 2.75) is 43.3 Å². The third-order valence-corrected chi connectivity index (χ3v) is 8.09. The Morgan fingerprint density at radius 3 is 2.90 bits per heavy atom. The number of hydrogen-bond donors (Lipinski definition) is 2. The molecule has 150 valence electrons. The van der Waals surface area contributed by atoms with Crippen LogP contribution in [0.3, 0.4) is 0 Å². The summed E-state index contributed by atoms with van der Waals surface area (Å²) in [6.45, 7) is 0. The Bertz CT molecular complexity index is 1080. The minimum absolute atomic E-state index is 0.166. The van der Waals surface area contributed by atoms with Crippen LogP contribution in [-0.4, -0.2) is 32.3 Å². The van der Waals surface area contributed by atoms with E-state index >= 15 is 0 Å². The number of rotatable bonds is 7. The van der Waals surface area contributed by atoms with E-state index in [1.165, 1.54) is 23.1 Å². The SMILES string of the molecule is NC(=O)c1c(NC(=O)CSc2nnc(-c3cccs3)n2C2CC2)sc2c1CCC2. The van der Waals surface area contributed by atoms with E-state index in [2.05, 4.69) is 20.1 Å². The van der Waals surface area contributed by atoms with Crippen LogP contribution in [0.2, 0.25) is 0 Å². The van der Waals surface area contributed by atoms with Crippen molar-refractivity contribution in [1.29, 1.82) is 0 Å². The first-order valence-corrected chi connectivity index (χ1v) is 12.2. The van der Waals surface area contributed by atoms with Gasteiger partial charge >= 0.3 is 0 Å². The zero-order valence-electron chi connectivity index (χ0n) is 15.5. The van der Waals surface area contributed by atoms with Crippen molar-refractivity contribution in [1.82, 2.24) is 14.8 Å². The number of nitrogens with one attached hydrogen (secondary N) is 1. The second-order valence-corrected chi connectivity index (χ2v) is 10.1. The molecule has 29 heavy (non-hydrogen) atoms. The van der Waals surface area contributed by atoms with Gasteiger partial charge in [-0.15, -0.1) is 32.9 Å². The number of thioether (sulfide) groups is 1. The van der Waals surface area contributed by atoms with Gasteiger partial charge in [-0.3, -0.25) is 14.2 Å². The van der Waals surface area contributed by atoms with Crippen molar-refractivity contribution >= 4 is 51.3 Å². The first-order valence-electron chi connectivity index (χ1n) is 9.47. The fourth-order valence-corrected chi connectivity index (χ4v) is 6.48. The summed E-state index contributed by atoms with van der Waals surface area (Å²) in [5.41, 5.74) is 7.07. The van der Waals surface area contributed by atoms with Gasteiger partial charge in [-0.25, -0.2) is 0 Å². The maximum Gasteiger partial charge on any atom is 0.251 e. The molecule has 0 radical (unpaired) electrons. The number of thiophene rings is 2. The predicted octanol–water partition coefficient (Wildman–Crippen LogP) is 3.72. The van der Waals surface area contributed by atoms with Crippen LogP contribution in [0.15, 0.2) is 22.7 Å². The number of carbonyl (C=O) groups excluding carboxylic acids is 2. The molecule has 0 bridgehead atoms. The molecule has 3 N–H and O–H groups in total. The number of anilines is 1. The summed E-state index contributed by atoms with van der Waals surface area (Å²) >= 11 is 4.49. The molecule has 3 aromatic rings. The normalized spacial score (nSPS) is 15.4. The summed E-state index contributed by atoms with van der Waals surface area (Å²) in [4.78, 5) is 26.7. The van der Waals surface area contributed by atoms with E-state index in [9.17, 15) is 9.59 Å². The standard InChI is InChI=1S/C19H19N5O2S3/c20-16(26)15-11-3-1-4-12(11)29-18(15)21-14(25)9-28-19-23-22-17(13-5-2-8-27-13)24(19)10-6-7-10/h2,5,8,10H,1,3-4,6-7,9H2,(H2,20,26)(H,21,25). The smallest absolute Gasteiger partial charge is 0.251 e. The van der Waals surface area contributed by atoms with Crippen molar-refractivity contribution in [2.75, 3.05) is 11.1 Å². The number of aryl methyl sites for hydroxylation is 1. The first-order chi connectivity index (χ1) is 14.1.